The van der Waals surface area contributed by atoms with Crippen LogP contribution < -0.4 is 0 Å². The maximum atomic E-state index is 11.1. The molecule has 0 saturated carbocycles. The number of aliphatic hydroxyl groups excluding tert-OH is 1. The van der Waals surface area contributed by atoms with Crippen molar-refractivity contribution in [3.05, 3.63) is 0 Å². The van der Waals surface area contributed by atoms with E-state index in [1.807, 2.05) is 6.92 Å². The van der Waals surface area contributed by atoms with Gasteiger partial charge in [-0.25, -0.2) is 0 Å². The van der Waals surface area contributed by atoms with E-state index < -0.39 is 6.10 Å². The summed E-state index contributed by atoms with van der Waals surface area (Å²) in [5.74, 6) is -0.114. The molecule has 0 aromatic heterocycles. The minimum atomic E-state index is -0.532. The lowest BCUT2D eigenvalue weighted by molar-refractivity contribution is -0.147. The van der Waals surface area contributed by atoms with Gasteiger partial charge in [0.05, 0.1) is 12.0 Å². The van der Waals surface area contributed by atoms with Crippen LogP contribution >= 0.6 is 0 Å². The Kier molecular flexibility index (Phi) is 3.09. The summed E-state index contributed by atoms with van der Waals surface area (Å²) < 4.78 is 5.00. The summed E-state index contributed by atoms with van der Waals surface area (Å²) in [5, 5.41) is 9.18. The van der Waals surface area contributed by atoms with E-state index in [1.54, 1.807) is 6.92 Å². The van der Waals surface area contributed by atoms with Gasteiger partial charge in [0.1, 0.15) is 6.10 Å². The number of esters is 1. The van der Waals surface area contributed by atoms with Gasteiger partial charge in [0, 0.05) is 6.42 Å². The van der Waals surface area contributed by atoms with Crippen molar-refractivity contribution in [2.75, 3.05) is 0 Å². The molecule has 0 spiro atoms. The highest BCUT2D eigenvalue weighted by molar-refractivity contribution is 5.74. The first kappa shape index (κ1) is 9.52. The number of carbonyl (C=O) groups excluding carboxylic acids is 1. The SMILES string of the molecule is CCC[C@H]1C[C@H]([C@@H](C)O)OC1=O. The molecule has 0 bridgehead atoms. The van der Waals surface area contributed by atoms with Crippen molar-refractivity contribution in [3.63, 3.8) is 0 Å². The van der Waals surface area contributed by atoms with Crippen molar-refractivity contribution in [1.29, 1.82) is 0 Å². The molecule has 12 heavy (non-hydrogen) atoms. The van der Waals surface area contributed by atoms with Gasteiger partial charge in [-0.1, -0.05) is 13.3 Å². The Morgan fingerprint density at radius 3 is 2.83 bits per heavy atom. The standard InChI is InChI=1S/C9H16O3/c1-3-4-7-5-8(6(2)10)12-9(7)11/h6-8,10H,3-5H2,1-2H3/t6-,7+,8-/m1/s1. The van der Waals surface area contributed by atoms with Crippen molar-refractivity contribution in [3.8, 4) is 0 Å². The lowest BCUT2D eigenvalue weighted by Gasteiger charge is -2.10. The lowest BCUT2D eigenvalue weighted by Crippen LogP contribution is -2.21. The Morgan fingerprint density at radius 2 is 2.42 bits per heavy atom. The molecule has 3 heteroatoms. The minimum Gasteiger partial charge on any atom is -0.459 e. The van der Waals surface area contributed by atoms with E-state index in [9.17, 15) is 9.90 Å². The van der Waals surface area contributed by atoms with Crippen molar-refractivity contribution < 1.29 is 14.6 Å². The molecule has 1 saturated heterocycles. The third-order valence-electron chi connectivity index (χ3n) is 2.29. The van der Waals surface area contributed by atoms with Crippen LogP contribution in [-0.4, -0.2) is 23.3 Å². The quantitative estimate of drug-likeness (QED) is 0.648. The second-order valence-electron chi connectivity index (χ2n) is 3.44. The van der Waals surface area contributed by atoms with Gasteiger partial charge in [0.2, 0.25) is 0 Å². The molecule has 1 heterocycles. The first-order valence-corrected chi connectivity index (χ1v) is 4.53. The van der Waals surface area contributed by atoms with Crippen LogP contribution in [0.25, 0.3) is 0 Å². The Labute approximate surface area is 72.7 Å². The minimum absolute atomic E-state index is 0.0228. The van der Waals surface area contributed by atoms with Gasteiger partial charge in [0.25, 0.3) is 0 Å². The van der Waals surface area contributed by atoms with Gasteiger partial charge in [-0.2, -0.15) is 0 Å². The van der Waals surface area contributed by atoms with Gasteiger partial charge in [-0.3, -0.25) is 4.79 Å². The van der Waals surface area contributed by atoms with Gasteiger partial charge >= 0.3 is 5.97 Å². The van der Waals surface area contributed by atoms with Crippen LogP contribution in [0, 0.1) is 5.92 Å². The average molecular weight is 172 g/mol. The van der Waals surface area contributed by atoms with Gasteiger partial charge in [0.15, 0.2) is 0 Å². The number of carbonyl (C=O) groups is 1. The Morgan fingerprint density at radius 1 is 1.75 bits per heavy atom. The number of rotatable bonds is 3. The molecule has 0 aliphatic carbocycles. The summed E-state index contributed by atoms with van der Waals surface area (Å²) in [6.07, 6.45) is 1.75. The fourth-order valence-corrected chi connectivity index (χ4v) is 1.55. The van der Waals surface area contributed by atoms with Crippen molar-refractivity contribution in [2.24, 2.45) is 5.92 Å². The molecule has 1 fully saturated rings. The molecule has 1 rings (SSSR count). The highest BCUT2D eigenvalue weighted by Crippen LogP contribution is 2.26. The van der Waals surface area contributed by atoms with E-state index in [2.05, 4.69) is 0 Å². The number of hydrogen-bond donors (Lipinski definition) is 1. The van der Waals surface area contributed by atoms with Gasteiger partial charge < -0.3 is 9.84 Å². The van der Waals surface area contributed by atoms with Crippen molar-refractivity contribution in [1.82, 2.24) is 0 Å². The van der Waals surface area contributed by atoms with E-state index >= 15 is 0 Å². The van der Waals surface area contributed by atoms with E-state index in [0.717, 1.165) is 12.8 Å². The molecule has 3 nitrogen and oxygen atoms in total. The van der Waals surface area contributed by atoms with E-state index in [1.165, 1.54) is 0 Å². The van der Waals surface area contributed by atoms with E-state index in [4.69, 9.17) is 4.74 Å². The summed E-state index contributed by atoms with van der Waals surface area (Å²) in [4.78, 5) is 11.1. The van der Waals surface area contributed by atoms with Crippen molar-refractivity contribution in [2.45, 2.75) is 45.3 Å². The second-order valence-corrected chi connectivity index (χ2v) is 3.44. The molecule has 0 radical (unpaired) electrons. The summed E-state index contributed by atoms with van der Waals surface area (Å²) in [7, 11) is 0. The molecule has 0 aromatic rings. The maximum absolute atomic E-state index is 11.1. The summed E-state index contributed by atoms with van der Waals surface area (Å²) in [6.45, 7) is 3.70. The molecular weight excluding hydrogens is 156 g/mol. The highest BCUT2D eigenvalue weighted by Gasteiger charge is 2.35. The fraction of sp³-hybridized carbons (Fsp3) is 0.889. The zero-order chi connectivity index (χ0) is 9.14. The number of aliphatic hydroxyl groups is 1. The number of ether oxygens (including phenoxy) is 1. The molecule has 70 valence electrons. The van der Waals surface area contributed by atoms with Crippen LogP contribution in [0.3, 0.4) is 0 Å². The third kappa shape index (κ3) is 1.97. The predicted octanol–water partition coefficient (Wildman–Crippen LogP) is 1.10. The number of cyclic esters (lactones) is 1. The lowest BCUT2D eigenvalue weighted by atomic mass is 9.98. The topological polar surface area (TPSA) is 46.5 Å². The highest BCUT2D eigenvalue weighted by atomic mass is 16.6. The molecule has 0 unspecified atom stereocenters. The molecule has 0 amide bonds. The Bertz CT molecular complexity index is 165. The van der Waals surface area contributed by atoms with E-state index in [-0.39, 0.29) is 18.0 Å². The van der Waals surface area contributed by atoms with Crippen molar-refractivity contribution >= 4 is 5.97 Å². The molecule has 1 N–H and O–H groups in total. The monoisotopic (exact) mass is 172 g/mol. The van der Waals surface area contributed by atoms with Crippen LogP contribution in [-0.2, 0) is 9.53 Å². The van der Waals surface area contributed by atoms with Crippen LogP contribution in [0.4, 0.5) is 0 Å². The molecular formula is C9H16O3. The van der Waals surface area contributed by atoms with Crippen LogP contribution in [0.2, 0.25) is 0 Å². The maximum Gasteiger partial charge on any atom is 0.309 e. The predicted molar refractivity (Wildman–Crippen MR) is 44.6 cm³/mol. The van der Waals surface area contributed by atoms with Gasteiger partial charge in [-0.15, -0.1) is 0 Å². The summed E-state index contributed by atoms with van der Waals surface area (Å²) >= 11 is 0. The second kappa shape index (κ2) is 3.90. The van der Waals surface area contributed by atoms with Crippen LogP contribution in [0.15, 0.2) is 0 Å². The zero-order valence-electron chi connectivity index (χ0n) is 7.62. The smallest absolute Gasteiger partial charge is 0.309 e. The summed E-state index contributed by atoms with van der Waals surface area (Å²) in [5.41, 5.74) is 0. The largest absolute Gasteiger partial charge is 0.459 e. The summed E-state index contributed by atoms with van der Waals surface area (Å²) in [6, 6.07) is 0. The normalized spacial score (nSPS) is 31.8. The van der Waals surface area contributed by atoms with Crippen LogP contribution in [0.5, 0.6) is 0 Å². The molecule has 1 aliphatic rings. The van der Waals surface area contributed by atoms with E-state index in [0.29, 0.717) is 6.42 Å². The average Bonchev–Trinajstić information content (AvgIpc) is 2.34. The van der Waals surface area contributed by atoms with Gasteiger partial charge in [-0.05, 0) is 13.3 Å². The number of hydrogen-bond acceptors (Lipinski definition) is 3. The van der Waals surface area contributed by atoms with Crippen LogP contribution in [0.1, 0.15) is 33.1 Å². The first-order valence-electron chi connectivity index (χ1n) is 4.53. The zero-order valence-corrected chi connectivity index (χ0v) is 7.62. The Hall–Kier alpha value is -0.570. The Balaban J connectivity index is 2.44. The third-order valence-corrected chi connectivity index (χ3v) is 2.29. The molecule has 1 aliphatic heterocycles. The fourth-order valence-electron chi connectivity index (χ4n) is 1.55. The molecule has 3 atom stereocenters. The molecule has 0 aromatic carbocycles. The first-order chi connectivity index (χ1) is 5.65.